The SMILES string of the molecule is CC(C)CNC(=O)[C@@H]1CCCN(c2ncnc3c2oc2ccccc23)C1. The van der Waals surface area contributed by atoms with Crippen LogP contribution in [0.1, 0.15) is 26.7 Å². The van der Waals surface area contributed by atoms with Gasteiger partial charge in [0.25, 0.3) is 0 Å². The summed E-state index contributed by atoms with van der Waals surface area (Å²) >= 11 is 0. The molecule has 1 atom stereocenters. The van der Waals surface area contributed by atoms with Crippen LogP contribution in [0.5, 0.6) is 0 Å². The van der Waals surface area contributed by atoms with Gasteiger partial charge in [-0.15, -0.1) is 0 Å². The fourth-order valence-corrected chi connectivity index (χ4v) is 3.57. The lowest BCUT2D eigenvalue weighted by molar-refractivity contribution is -0.125. The molecular weight excluding hydrogens is 328 g/mol. The number of furan rings is 1. The largest absolute Gasteiger partial charge is 0.450 e. The molecule has 1 aliphatic rings. The molecule has 1 amide bonds. The van der Waals surface area contributed by atoms with E-state index >= 15 is 0 Å². The van der Waals surface area contributed by atoms with Crippen LogP contribution >= 0.6 is 0 Å². The molecule has 2 aromatic heterocycles. The fraction of sp³-hybridized carbons (Fsp3) is 0.450. The third kappa shape index (κ3) is 3.11. The molecular formula is C20H24N4O2. The average molecular weight is 352 g/mol. The lowest BCUT2D eigenvalue weighted by Gasteiger charge is -2.32. The minimum atomic E-state index is -0.0168. The number of anilines is 1. The summed E-state index contributed by atoms with van der Waals surface area (Å²) < 4.78 is 6.04. The zero-order chi connectivity index (χ0) is 18.1. The Morgan fingerprint density at radius 1 is 1.35 bits per heavy atom. The Balaban J connectivity index is 1.62. The number of para-hydroxylation sites is 1. The second kappa shape index (κ2) is 6.94. The summed E-state index contributed by atoms with van der Waals surface area (Å²) in [7, 11) is 0. The van der Waals surface area contributed by atoms with E-state index in [1.807, 2.05) is 24.3 Å². The summed E-state index contributed by atoms with van der Waals surface area (Å²) in [5, 5.41) is 4.06. The number of carbonyl (C=O) groups is 1. The normalized spacial score (nSPS) is 18.0. The summed E-state index contributed by atoms with van der Waals surface area (Å²) in [5.74, 6) is 1.36. The smallest absolute Gasteiger partial charge is 0.224 e. The molecule has 26 heavy (non-hydrogen) atoms. The molecule has 136 valence electrons. The van der Waals surface area contributed by atoms with Crippen LogP contribution in [0.25, 0.3) is 22.1 Å². The number of rotatable bonds is 4. The van der Waals surface area contributed by atoms with E-state index in [1.165, 1.54) is 0 Å². The fourth-order valence-electron chi connectivity index (χ4n) is 3.57. The highest BCUT2D eigenvalue weighted by Crippen LogP contribution is 2.33. The lowest BCUT2D eigenvalue weighted by atomic mass is 9.97. The molecule has 1 aromatic carbocycles. The number of amides is 1. The standard InChI is InChI=1S/C20H24N4O2/c1-13(2)10-21-20(25)14-6-5-9-24(11-14)19-18-17(22-12-23-19)15-7-3-4-8-16(15)26-18/h3-4,7-8,12-14H,5-6,9-11H2,1-2H3,(H,21,25)/t14-/m1/s1. The molecule has 3 aromatic rings. The number of fused-ring (bicyclic) bond motifs is 3. The van der Waals surface area contributed by atoms with Gasteiger partial charge in [-0.3, -0.25) is 4.79 Å². The topological polar surface area (TPSA) is 71.3 Å². The number of piperidine rings is 1. The number of benzene rings is 1. The molecule has 6 nitrogen and oxygen atoms in total. The van der Waals surface area contributed by atoms with Crippen LogP contribution in [0.4, 0.5) is 5.82 Å². The first-order valence-corrected chi connectivity index (χ1v) is 9.28. The summed E-state index contributed by atoms with van der Waals surface area (Å²) in [5.41, 5.74) is 2.35. The van der Waals surface area contributed by atoms with E-state index in [0.717, 1.165) is 48.2 Å². The van der Waals surface area contributed by atoms with Gasteiger partial charge in [-0.1, -0.05) is 26.0 Å². The van der Waals surface area contributed by atoms with E-state index in [2.05, 4.69) is 34.0 Å². The van der Waals surface area contributed by atoms with Crippen LogP contribution in [0, 0.1) is 11.8 Å². The third-order valence-electron chi connectivity index (χ3n) is 4.92. The Kier molecular flexibility index (Phi) is 4.49. The van der Waals surface area contributed by atoms with Gasteiger partial charge < -0.3 is 14.6 Å². The van der Waals surface area contributed by atoms with Crippen molar-refractivity contribution < 1.29 is 9.21 Å². The second-order valence-electron chi connectivity index (χ2n) is 7.40. The molecule has 0 radical (unpaired) electrons. The Labute approximate surface area is 152 Å². The lowest BCUT2D eigenvalue weighted by Crippen LogP contribution is -2.44. The first-order chi connectivity index (χ1) is 12.6. The molecule has 1 fully saturated rings. The average Bonchev–Trinajstić information content (AvgIpc) is 3.05. The molecule has 0 aliphatic carbocycles. The predicted octanol–water partition coefficient (Wildman–Crippen LogP) is 3.36. The molecule has 0 saturated carbocycles. The Morgan fingerprint density at radius 3 is 3.04 bits per heavy atom. The highest BCUT2D eigenvalue weighted by molar-refractivity contribution is 6.05. The van der Waals surface area contributed by atoms with Gasteiger partial charge in [0, 0.05) is 25.0 Å². The van der Waals surface area contributed by atoms with Crippen molar-refractivity contribution in [1.82, 2.24) is 15.3 Å². The van der Waals surface area contributed by atoms with Gasteiger partial charge in [0.1, 0.15) is 17.4 Å². The number of hydrogen-bond donors (Lipinski definition) is 1. The van der Waals surface area contributed by atoms with E-state index in [4.69, 9.17) is 4.42 Å². The monoisotopic (exact) mass is 352 g/mol. The van der Waals surface area contributed by atoms with Crippen LogP contribution in [0.3, 0.4) is 0 Å². The van der Waals surface area contributed by atoms with E-state index in [1.54, 1.807) is 6.33 Å². The molecule has 1 N–H and O–H groups in total. The molecule has 6 heteroatoms. The number of aromatic nitrogens is 2. The summed E-state index contributed by atoms with van der Waals surface area (Å²) in [6.45, 7) is 6.46. The maximum atomic E-state index is 12.5. The first-order valence-electron chi connectivity index (χ1n) is 9.28. The van der Waals surface area contributed by atoms with E-state index in [9.17, 15) is 4.79 Å². The molecule has 0 spiro atoms. The molecule has 0 unspecified atom stereocenters. The summed E-state index contributed by atoms with van der Waals surface area (Å²) in [4.78, 5) is 23.6. The maximum absolute atomic E-state index is 12.5. The van der Waals surface area contributed by atoms with Crippen molar-refractivity contribution in [3.63, 3.8) is 0 Å². The maximum Gasteiger partial charge on any atom is 0.224 e. The van der Waals surface area contributed by atoms with Crippen LogP contribution in [0.2, 0.25) is 0 Å². The molecule has 0 bridgehead atoms. The number of nitrogens with one attached hydrogen (secondary N) is 1. The highest BCUT2D eigenvalue weighted by Gasteiger charge is 2.28. The molecule has 4 rings (SSSR count). The van der Waals surface area contributed by atoms with Gasteiger partial charge >= 0.3 is 0 Å². The Bertz CT molecular complexity index is 934. The third-order valence-corrected chi connectivity index (χ3v) is 4.92. The molecule has 1 saturated heterocycles. The van der Waals surface area contributed by atoms with Gasteiger partial charge in [-0.25, -0.2) is 9.97 Å². The predicted molar refractivity (Wildman–Crippen MR) is 102 cm³/mol. The number of nitrogens with zero attached hydrogens (tertiary/aromatic N) is 3. The number of carbonyl (C=O) groups excluding carboxylic acids is 1. The molecule has 3 heterocycles. The molecule has 1 aliphatic heterocycles. The minimum absolute atomic E-state index is 0.0168. The van der Waals surface area contributed by atoms with Crippen molar-refractivity contribution in [2.75, 3.05) is 24.5 Å². The van der Waals surface area contributed by atoms with Crippen molar-refractivity contribution in [3.05, 3.63) is 30.6 Å². The van der Waals surface area contributed by atoms with Crippen molar-refractivity contribution in [3.8, 4) is 0 Å². The summed E-state index contributed by atoms with van der Waals surface area (Å²) in [6, 6.07) is 7.89. The quantitative estimate of drug-likeness (QED) is 0.779. The van der Waals surface area contributed by atoms with Crippen LogP contribution in [-0.4, -0.2) is 35.5 Å². The van der Waals surface area contributed by atoms with Gasteiger partial charge in [0.15, 0.2) is 11.4 Å². The van der Waals surface area contributed by atoms with Crippen molar-refractivity contribution in [1.29, 1.82) is 0 Å². The highest BCUT2D eigenvalue weighted by atomic mass is 16.3. The van der Waals surface area contributed by atoms with Crippen molar-refractivity contribution in [2.24, 2.45) is 11.8 Å². The zero-order valence-corrected chi connectivity index (χ0v) is 15.2. The summed E-state index contributed by atoms with van der Waals surface area (Å²) in [6.07, 6.45) is 3.46. The van der Waals surface area contributed by atoms with Crippen molar-refractivity contribution >= 4 is 33.8 Å². The van der Waals surface area contributed by atoms with Crippen LogP contribution in [-0.2, 0) is 4.79 Å². The first kappa shape index (κ1) is 16.8. The van der Waals surface area contributed by atoms with Crippen LogP contribution < -0.4 is 10.2 Å². The number of hydrogen-bond acceptors (Lipinski definition) is 5. The minimum Gasteiger partial charge on any atom is -0.450 e. The second-order valence-corrected chi connectivity index (χ2v) is 7.40. The Hall–Kier alpha value is -2.63. The van der Waals surface area contributed by atoms with E-state index in [0.29, 0.717) is 18.0 Å². The van der Waals surface area contributed by atoms with Crippen molar-refractivity contribution in [2.45, 2.75) is 26.7 Å². The van der Waals surface area contributed by atoms with Gasteiger partial charge in [0.2, 0.25) is 5.91 Å². The van der Waals surface area contributed by atoms with Gasteiger partial charge in [-0.05, 0) is 30.9 Å². The van der Waals surface area contributed by atoms with E-state index < -0.39 is 0 Å². The zero-order valence-electron chi connectivity index (χ0n) is 15.2. The van der Waals surface area contributed by atoms with Crippen LogP contribution in [0.15, 0.2) is 35.0 Å². The van der Waals surface area contributed by atoms with Gasteiger partial charge in [0.05, 0.1) is 5.92 Å². The van der Waals surface area contributed by atoms with Gasteiger partial charge in [-0.2, -0.15) is 0 Å². The van der Waals surface area contributed by atoms with E-state index in [-0.39, 0.29) is 11.8 Å². The Morgan fingerprint density at radius 2 is 2.19 bits per heavy atom.